The van der Waals surface area contributed by atoms with E-state index in [0.717, 1.165) is 6.07 Å². The molecular formula is C35H39F4N5O4. The standard InChI is InChI=1S/C35H39F4N5O4/c1-5-33(3,26-17-23(36)11-12-30(26)48-4)19-34(47,35(37,38)39)20-41-27-14-21(2)15-29-25(27)18-42-44(29)24-9-6-8-22(16-24)32(46)43-13-7-10-28(43)31(40)45/h6,8-9,11-12,14-18,28,41,47H,5,7,10,13,19-20H2,1-4H3,(H2,40,45)/t28-,33?,34?/m0/s1. The zero-order valence-electron chi connectivity index (χ0n) is 27.2. The molecule has 1 aliphatic heterocycles. The van der Waals surface area contributed by atoms with Crippen LogP contribution in [0.5, 0.6) is 5.75 Å². The Morgan fingerprint density at radius 3 is 2.56 bits per heavy atom. The zero-order chi connectivity index (χ0) is 35.0. The van der Waals surface area contributed by atoms with Crippen LogP contribution in [0.25, 0.3) is 16.6 Å². The molecule has 256 valence electrons. The highest BCUT2D eigenvalue weighted by atomic mass is 19.4. The van der Waals surface area contributed by atoms with E-state index in [2.05, 4.69) is 10.4 Å². The lowest BCUT2D eigenvalue weighted by atomic mass is 9.71. The van der Waals surface area contributed by atoms with Gasteiger partial charge in [-0.2, -0.15) is 18.3 Å². The van der Waals surface area contributed by atoms with E-state index in [1.165, 1.54) is 30.3 Å². The van der Waals surface area contributed by atoms with Gasteiger partial charge in [0.25, 0.3) is 5.91 Å². The Kier molecular flexibility index (Phi) is 9.46. The smallest absolute Gasteiger partial charge is 0.418 e. The summed E-state index contributed by atoms with van der Waals surface area (Å²) in [6, 6.07) is 13.2. The van der Waals surface area contributed by atoms with Crippen LogP contribution in [-0.4, -0.2) is 69.6 Å². The molecule has 1 aromatic heterocycles. The number of halogens is 4. The molecule has 1 saturated heterocycles. The van der Waals surface area contributed by atoms with Gasteiger partial charge in [-0.05, 0) is 92.1 Å². The van der Waals surface area contributed by atoms with Gasteiger partial charge < -0.3 is 25.8 Å². The SMILES string of the molecule is CCC(C)(CC(O)(CNc1cc(C)cc2c1cnn2-c1cccc(C(=O)N2CCC[C@H]2C(N)=O)c1)C(F)(F)F)c1cc(F)ccc1OC. The first-order chi connectivity index (χ1) is 22.6. The number of amides is 2. The number of nitrogens with zero attached hydrogens (tertiary/aromatic N) is 3. The number of benzene rings is 3. The van der Waals surface area contributed by atoms with Crippen LogP contribution in [0.2, 0.25) is 0 Å². The van der Waals surface area contributed by atoms with E-state index in [0.29, 0.717) is 52.8 Å². The van der Waals surface area contributed by atoms with Gasteiger partial charge in [0.2, 0.25) is 5.91 Å². The number of aliphatic hydroxyl groups is 1. The number of primary amides is 1. The second-order valence-corrected chi connectivity index (χ2v) is 12.7. The van der Waals surface area contributed by atoms with Crippen molar-refractivity contribution in [1.29, 1.82) is 0 Å². The summed E-state index contributed by atoms with van der Waals surface area (Å²) in [5, 5.41) is 19.1. The maximum absolute atomic E-state index is 14.7. The molecule has 2 heterocycles. The van der Waals surface area contributed by atoms with Crippen LogP contribution < -0.4 is 15.8 Å². The summed E-state index contributed by atoms with van der Waals surface area (Å²) in [4.78, 5) is 26.7. The largest absolute Gasteiger partial charge is 0.496 e. The third kappa shape index (κ3) is 6.55. The molecule has 48 heavy (non-hydrogen) atoms. The maximum Gasteiger partial charge on any atom is 0.418 e. The number of carbonyl (C=O) groups excluding carboxylic acids is 2. The molecule has 0 radical (unpaired) electrons. The molecule has 5 rings (SSSR count). The van der Waals surface area contributed by atoms with Crippen molar-refractivity contribution >= 4 is 28.4 Å². The minimum atomic E-state index is -5.04. The molecule has 2 unspecified atom stereocenters. The third-order valence-electron chi connectivity index (χ3n) is 9.39. The number of alkyl halides is 3. The number of hydrogen-bond acceptors (Lipinski definition) is 6. The van der Waals surface area contributed by atoms with Gasteiger partial charge in [-0.1, -0.05) is 19.9 Å². The van der Waals surface area contributed by atoms with Crippen molar-refractivity contribution in [3.63, 3.8) is 0 Å². The van der Waals surface area contributed by atoms with Crippen molar-refractivity contribution in [2.45, 2.75) is 69.7 Å². The number of rotatable bonds is 11. The molecule has 9 nitrogen and oxygen atoms in total. The minimum Gasteiger partial charge on any atom is -0.496 e. The molecule has 1 fully saturated rings. The first kappa shape index (κ1) is 34.7. The van der Waals surface area contributed by atoms with Crippen LogP contribution in [0, 0.1) is 12.7 Å². The average molecular weight is 670 g/mol. The molecule has 0 aliphatic carbocycles. The zero-order valence-corrected chi connectivity index (χ0v) is 27.2. The quantitative estimate of drug-likeness (QED) is 0.168. The summed E-state index contributed by atoms with van der Waals surface area (Å²) < 4.78 is 65.2. The fraction of sp³-hybridized carbons (Fsp3) is 0.400. The van der Waals surface area contributed by atoms with Crippen molar-refractivity contribution in [3.05, 3.63) is 83.3 Å². The normalized spacial score (nSPS) is 17.6. The van der Waals surface area contributed by atoms with Crippen molar-refractivity contribution in [1.82, 2.24) is 14.7 Å². The summed E-state index contributed by atoms with van der Waals surface area (Å²) in [6.45, 7) is 4.52. The Labute approximate surface area is 275 Å². The predicted octanol–water partition coefficient (Wildman–Crippen LogP) is 6.03. The van der Waals surface area contributed by atoms with Crippen LogP contribution in [0.1, 0.15) is 61.0 Å². The van der Waals surface area contributed by atoms with Gasteiger partial charge in [-0.25, -0.2) is 9.07 Å². The van der Waals surface area contributed by atoms with E-state index in [1.54, 1.807) is 55.8 Å². The number of aromatic nitrogens is 2. The Hall–Kier alpha value is -4.65. The van der Waals surface area contributed by atoms with Crippen LogP contribution in [0.3, 0.4) is 0 Å². The van der Waals surface area contributed by atoms with Gasteiger partial charge >= 0.3 is 6.18 Å². The molecule has 4 N–H and O–H groups in total. The van der Waals surface area contributed by atoms with Crippen molar-refractivity contribution in [2.24, 2.45) is 5.73 Å². The molecule has 3 atom stereocenters. The summed E-state index contributed by atoms with van der Waals surface area (Å²) in [5.74, 6) is -1.30. The summed E-state index contributed by atoms with van der Waals surface area (Å²) >= 11 is 0. The average Bonchev–Trinajstić information content (AvgIpc) is 3.71. The number of nitrogens with two attached hydrogens (primary N) is 1. The highest BCUT2D eigenvalue weighted by Crippen LogP contribution is 2.46. The van der Waals surface area contributed by atoms with E-state index >= 15 is 0 Å². The van der Waals surface area contributed by atoms with Gasteiger partial charge in [0.05, 0.1) is 31.1 Å². The molecule has 2 amide bonds. The van der Waals surface area contributed by atoms with E-state index < -0.39 is 47.9 Å². The Balaban J connectivity index is 1.46. The lowest BCUT2D eigenvalue weighted by molar-refractivity contribution is -0.261. The number of aryl methyl sites for hydroxylation is 1. The number of nitrogens with one attached hydrogen (secondary N) is 1. The first-order valence-corrected chi connectivity index (χ1v) is 15.7. The molecule has 0 bridgehead atoms. The molecular weight excluding hydrogens is 630 g/mol. The number of fused-ring (bicyclic) bond motifs is 1. The van der Waals surface area contributed by atoms with Gasteiger partial charge in [0.1, 0.15) is 17.6 Å². The van der Waals surface area contributed by atoms with Crippen LogP contribution in [-0.2, 0) is 10.2 Å². The van der Waals surface area contributed by atoms with Crippen molar-refractivity contribution in [3.8, 4) is 11.4 Å². The van der Waals surface area contributed by atoms with Crippen LogP contribution in [0.15, 0.2) is 60.8 Å². The molecule has 3 aromatic carbocycles. The van der Waals surface area contributed by atoms with Crippen molar-refractivity contribution in [2.75, 3.05) is 25.5 Å². The predicted molar refractivity (Wildman–Crippen MR) is 174 cm³/mol. The Morgan fingerprint density at radius 1 is 1.15 bits per heavy atom. The lowest BCUT2D eigenvalue weighted by Gasteiger charge is -2.40. The number of anilines is 1. The van der Waals surface area contributed by atoms with Gasteiger partial charge in [0.15, 0.2) is 5.60 Å². The summed E-state index contributed by atoms with van der Waals surface area (Å²) in [7, 11) is 1.36. The lowest BCUT2D eigenvalue weighted by Crippen LogP contribution is -2.54. The highest BCUT2D eigenvalue weighted by Gasteiger charge is 2.56. The van der Waals surface area contributed by atoms with E-state index in [9.17, 15) is 32.3 Å². The van der Waals surface area contributed by atoms with Gasteiger partial charge in [-0.3, -0.25) is 9.59 Å². The molecule has 0 spiro atoms. The second kappa shape index (κ2) is 13.1. The minimum absolute atomic E-state index is 0.162. The molecule has 4 aromatic rings. The van der Waals surface area contributed by atoms with E-state index in [-0.39, 0.29) is 23.6 Å². The second-order valence-electron chi connectivity index (χ2n) is 12.7. The Morgan fingerprint density at radius 2 is 1.90 bits per heavy atom. The van der Waals surface area contributed by atoms with Crippen LogP contribution in [0.4, 0.5) is 23.2 Å². The summed E-state index contributed by atoms with van der Waals surface area (Å²) in [6.07, 6.45) is -2.99. The van der Waals surface area contributed by atoms with Crippen LogP contribution >= 0.6 is 0 Å². The summed E-state index contributed by atoms with van der Waals surface area (Å²) in [5.41, 5.74) is 3.65. The maximum atomic E-state index is 14.7. The highest BCUT2D eigenvalue weighted by molar-refractivity contribution is 5.98. The molecule has 13 heteroatoms. The molecule has 1 aliphatic rings. The van der Waals surface area contributed by atoms with Gasteiger partial charge in [0, 0.05) is 28.7 Å². The third-order valence-corrected chi connectivity index (χ3v) is 9.39. The number of carbonyl (C=O) groups is 2. The number of hydrogen-bond donors (Lipinski definition) is 3. The topological polar surface area (TPSA) is 123 Å². The first-order valence-electron chi connectivity index (χ1n) is 15.7. The monoisotopic (exact) mass is 669 g/mol. The molecule has 0 saturated carbocycles. The number of methoxy groups -OCH3 is 1. The van der Waals surface area contributed by atoms with Crippen molar-refractivity contribution < 1.29 is 37.0 Å². The Bertz CT molecular complexity index is 1840. The number of likely N-dealkylation sites (tertiary alicyclic amines) is 1. The number of ether oxygens (including phenoxy) is 1. The fourth-order valence-corrected chi connectivity index (χ4v) is 6.57. The van der Waals surface area contributed by atoms with Gasteiger partial charge in [-0.15, -0.1) is 0 Å². The fourth-order valence-electron chi connectivity index (χ4n) is 6.57. The van der Waals surface area contributed by atoms with E-state index in [1.807, 2.05) is 6.07 Å². The van der Waals surface area contributed by atoms with E-state index in [4.69, 9.17) is 10.5 Å².